The predicted molar refractivity (Wildman–Crippen MR) is 111 cm³/mol. The third-order valence-corrected chi connectivity index (χ3v) is 6.21. The van der Waals surface area contributed by atoms with Gasteiger partial charge in [-0.25, -0.2) is 0 Å². The smallest absolute Gasteiger partial charge is 0.229 e. The van der Waals surface area contributed by atoms with Crippen molar-refractivity contribution in [1.29, 1.82) is 0 Å². The van der Waals surface area contributed by atoms with Gasteiger partial charge in [-0.15, -0.1) is 0 Å². The van der Waals surface area contributed by atoms with Crippen molar-refractivity contribution in [3.63, 3.8) is 0 Å². The highest BCUT2D eigenvalue weighted by atomic mass is 16.2. The first-order chi connectivity index (χ1) is 13.7. The Bertz CT molecular complexity index is 543. The van der Waals surface area contributed by atoms with Gasteiger partial charge in [0.25, 0.3) is 0 Å². The molecule has 0 spiro atoms. The molecule has 0 aromatic rings. The monoisotopic (exact) mass is 391 g/mol. The van der Waals surface area contributed by atoms with Crippen LogP contribution in [0.5, 0.6) is 0 Å². The van der Waals surface area contributed by atoms with E-state index in [-0.39, 0.29) is 11.8 Å². The third kappa shape index (κ3) is 5.93. The molecule has 1 atom stereocenters. The largest absolute Gasteiger partial charge is 0.357 e. The summed E-state index contributed by atoms with van der Waals surface area (Å²) in [7, 11) is 0. The molecule has 0 radical (unpaired) electrons. The van der Waals surface area contributed by atoms with Gasteiger partial charge in [-0.3, -0.25) is 24.4 Å². The normalized spacial score (nSPS) is 25.8. The standard InChI is InChI=1S/C21H37N5O2/c1-2-22-21(23-13-15-26-19(27)11-6-12-20(26)28)24-17-8-7-14-25(16-17)18-9-4-3-5-10-18/h17-18H,2-16H2,1H3,(H2,22,23,24). The van der Waals surface area contributed by atoms with Crippen molar-refractivity contribution in [2.45, 2.75) is 83.2 Å². The van der Waals surface area contributed by atoms with Crippen molar-refractivity contribution in [3.8, 4) is 0 Å². The fourth-order valence-electron chi connectivity index (χ4n) is 4.73. The van der Waals surface area contributed by atoms with Crippen molar-refractivity contribution in [3.05, 3.63) is 0 Å². The molecule has 2 amide bonds. The quantitative estimate of drug-likeness (QED) is 0.411. The summed E-state index contributed by atoms with van der Waals surface area (Å²) in [6, 6.07) is 1.17. The van der Waals surface area contributed by atoms with Crippen LogP contribution in [-0.4, -0.2) is 72.4 Å². The third-order valence-electron chi connectivity index (χ3n) is 6.21. The van der Waals surface area contributed by atoms with Crippen LogP contribution in [0.25, 0.3) is 0 Å². The zero-order valence-corrected chi connectivity index (χ0v) is 17.4. The lowest BCUT2D eigenvalue weighted by Crippen LogP contribution is -2.53. The highest BCUT2D eigenvalue weighted by Crippen LogP contribution is 2.25. The summed E-state index contributed by atoms with van der Waals surface area (Å²) in [5.41, 5.74) is 0. The molecule has 3 aliphatic rings. The van der Waals surface area contributed by atoms with E-state index in [1.165, 1.54) is 50.0 Å². The van der Waals surface area contributed by atoms with Gasteiger partial charge >= 0.3 is 0 Å². The van der Waals surface area contributed by atoms with E-state index in [9.17, 15) is 9.59 Å². The molecule has 2 aliphatic heterocycles. The Hall–Kier alpha value is -1.63. The number of carbonyl (C=O) groups is 2. The van der Waals surface area contributed by atoms with E-state index in [1.807, 2.05) is 0 Å². The van der Waals surface area contributed by atoms with Crippen LogP contribution in [0.1, 0.15) is 71.1 Å². The minimum atomic E-state index is -0.0557. The zero-order chi connectivity index (χ0) is 19.8. The molecule has 2 heterocycles. The van der Waals surface area contributed by atoms with Gasteiger partial charge < -0.3 is 10.6 Å². The molecule has 7 heteroatoms. The summed E-state index contributed by atoms with van der Waals surface area (Å²) in [6.07, 6.45) is 10.9. The van der Waals surface area contributed by atoms with Gasteiger partial charge in [-0.05, 0) is 45.6 Å². The van der Waals surface area contributed by atoms with Crippen molar-refractivity contribution in [1.82, 2.24) is 20.4 Å². The average Bonchev–Trinajstić information content (AvgIpc) is 2.71. The second-order valence-corrected chi connectivity index (χ2v) is 8.32. The summed E-state index contributed by atoms with van der Waals surface area (Å²) < 4.78 is 0. The molecule has 1 unspecified atom stereocenters. The van der Waals surface area contributed by atoms with Crippen LogP contribution in [0.3, 0.4) is 0 Å². The first-order valence-electron chi connectivity index (χ1n) is 11.3. The number of imide groups is 1. The average molecular weight is 392 g/mol. The first kappa shape index (κ1) is 21.1. The molecule has 2 N–H and O–H groups in total. The summed E-state index contributed by atoms with van der Waals surface area (Å²) >= 11 is 0. The summed E-state index contributed by atoms with van der Waals surface area (Å²) in [6.45, 7) is 5.99. The number of nitrogens with zero attached hydrogens (tertiary/aromatic N) is 3. The van der Waals surface area contributed by atoms with Crippen LogP contribution in [0, 0.1) is 0 Å². The van der Waals surface area contributed by atoms with Gasteiger partial charge in [-0.1, -0.05) is 19.3 Å². The number of hydrogen-bond donors (Lipinski definition) is 2. The Kier molecular flexibility index (Phi) is 8.13. The van der Waals surface area contributed by atoms with Gasteiger partial charge in [0.15, 0.2) is 5.96 Å². The molecule has 1 aliphatic carbocycles. The second-order valence-electron chi connectivity index (χ2n) is 8.32. The maximum atomic E-state index is 11.9. The van der Waals surface area contributed by atoms with Gasteiger partial charge in [-0.2, -0.15) is 0 Å². The number of guanidine groups is 1. The molecule has 0 aromatic carbocycles. The Morgan fingerprint density at radius 1 is 1.04 bits per heavy atom. The number of likely N-dealkylation sites (tertiary alicyclic amines) is 2. The lowest BCUT2D eigenvalue weighted by molar-refractivity contribution is -0.147. The number of hydrogen-bond acceptors (Lipinski definition) is 4. The highest BCUT2D eigenvalue weighted by Gasteiger charge is 2.28. The van der Waals surface area contributed by atoms with E-state index in [4.69, 9.17) is 0 Å². The number of carbonyl (C=O) groups excluding carboxylic acids is 2. The molecule has 1 saturated carbocycles. The number of amides is 2. The molecule has 28 heavy (non-hydrogen) atoms. The van der Waals surface area contributed by atoms with Gasteiger partial charge in [0.05, 0.1) is 6.54 Å². The van der Waals surface area contributed by atoms with E-state index in [0.717, 1.165) is 31.5 Å². The summed E-state index contributed by atoms with van der Waals surface area (Å²) in [5.74, 6) is 0.689. The fourth-order valence-corrected chi connectivity index (χ4v) is 4.73. The Balaban J connectivity index is 1.50. The molecule has 0 aromatic heterocycles. The van der Waals surface area contributed by atoms with E-state index in [0.29, 0.717) is 38.4 Å². The van der Waals surface area contributed by atoms with Gasteiger partial charge in [0.1, 0.15) is 0 Å². The molecular weight excluding hydrogens is 354 g/mol. The molecular formula is C21H37N5O2. The second kappa shape index (κ2) is 10.8. The van der Waals surface area contributed by atoms with E-state index < -0.39 is 0 Å². The number of piperidine rings is 2. The lowest BCUT2D eigenvalue weighted by Gasteiger charge is -2.40. The molecule has 0 bridgehead atoms. The SMILES string of the molecule is CCNC(=NCCN1C(=O)CCCC1=O)NC1CCCN(C2CCCCC2)C1. The van der Waals surface area contributed by atoms with Crippen molar-refractivity contribution in [2.24, 2.45) is 4.99 Å². The number of rotatable bonds is 6. The molecule has 3 fully saturated rings. The Labute approximate surface area is 169 Å². The zero-order valence-electron chi connectivity index (χ0n) is 17.4. The summed E-state index contributed by atoms with van der Waals surface area (Å²) in [5, 5.41) is 6.91. The maximum Gasteiger partial charge on any atom is 0.229 e. The van der Waals surface area contributed by atoms with E-state index in [2.05, 4.69) is 27.4 Å². The van der Waals surface area contributed by atoms with Crippen LogP contribution in [0.2, 0.25) is 0 Å². The van der Waals surface area contributed by atoms with Crippen LogP contribution in [-0.2, 0) is 9.59 Å². The van der Waals surface area contributed by atoms with Crippen LogP contribution >= 0.6 is 0 Å². The van der Waals surface area contributed by atoms with E-state index >= 15 is 0 Å². The minimum Gasteiger partial charge on any atom is -0.357 e. The molecule has 2 saturated heterocycles. The number of nitrogens with one attached hydrogen (secondary N) is 2. The van der Waals surface area contributed by atoms with Gasteiger partial charge in [0, 0.05) is 44.6 Å². The topological polar surface area (TPSA) is 77.0 Å². The summed E-state index contributed by atoms with van der Waals surface area (Å²) in [4.78, 5) is 32.5. The van der Waals surface area contributed by atoms with Crippen LogP contribution < -0.4 is 10.6 Å². The Morgan fingerprint density at radius 2 is 1.79 bits per heavy atom. The van der Waals surface area contributed by atoms with Crippen LogP contribution in [0.4, 0.5) is 0 Å². The predicted octanol–water partition coefficient (Wildman–Crippen LogP) is 1.88. The first-order valence-corrected chi connectivity index (χ1v) is 11.3. The minimum absolute atomic E-state index is 0.0557. The van der Waals surface area contributed by atoms with E-state index in [1.54, 1.807) is 0 Å². The molecule has 3 rings (SSSR count). The highest BCUT2D eigenvalue weighted by molar-refractivity contribution is 5.97. The lowest BCUT2D eigenvalue weighted by atomic mass is 9.92. The Morgan fingerprint density at radius 3 is 2.50 bits per heavy atom. The van der Waals surface area contributed by atoms with Crippen LogP contribution in [0.15, 0.2) is 4.99 Å². The fraction of sp³-hybridized carbons (Fsp3) is 0.857. The van der Waals surface area contributed by atoms with Crippen molar-refractivity contribution >= 4 is 17.8 Å². The maximum absolute atomic E-state index is 11.9. The molecule has 7 nitrogen and oxygen atoms in total. The number of aliphatic imine (C=N–C) groups is 1. The molecule has 158 valence electrons. The van der Waals surface area contributed by atoms with Gasteiger partial charge in [0.2, 0.25) is 11.8 Å². The van der Waals surface area contributed by atoms with Crippen molar-refractivity contribution < 1.29 is 9.59 Å². The van der Waals surface area contributed by atoms with Crippen molar-refractivity contribution in [2.75, 3.05) is 32.7 Å².